The number of carbonyl (C=O) groups excluding carboxylic acids is 6. The van der Waals surface area contributed by atoms with Crippen LogP contribution in [0.15, 0.2) is 36.8 Å². The van der Waals surface area contributed by atoms with Crippen LogP contribution in [0, 0.1) is 17.8 Å². The predicted molar refractivity (Wildman–Crippen MR) is 378 cm³/mol. The number of carboxylic acid groups (broad SMARTS) is 8. The molecule has 0 aliphatic carbocycles. The van der Waals surface area contributed by atoms with Gasteiger partial charge in [-0.1, -0.05) is 65.3 Å². The Morgan fingerprint density at radius 1 is 0.443 bits per heavy atom. The van der Waals surface area contributed by atoms with Crippen LogP contribution in [0.25, 0.3) is 0 Å². The summed E-state index contributed by atoms with van der Waals surface area (Å²) in [5, 5.41) is 95.9. The van der Waals surface area contributed by atoms with Crippen LogP contribution in [-0.2, 0) is 86.6 Å². The van der Waals surface area contributed by atoms with E-state index in [0.29, 0.717) is 24.0 Å². The van der Waals surface area contributed by atoms with Crippen LogP contribution in [-0.4, -0.2) is 354 Å². The number of H-pyrrole nitrogens is 1. The molecule has 3 unspecified atom stereocenters. The maximum Gasteiger partial charge on any atom is 0.320 e. The second kappa shape index (κ2) is 46.6. The monoisotopic (exact) mass is 1500 g/mol. The van der Waals surface area contributed by atoms with E-state index in [-0.39, 0.29) is 148 Å². The Kier molecular flexibility index (Phi) is 39.2. The van der Waals surface area contributed by atoms with Crippen LogP contribution in [0.4, 0.5) is 0 Å². The van der Waals surface area contributed by atoms with Crippen molar-refractivity contribution >= 4 is 83.2 Å². The van der Waals surface area contributed by atoms with E-state index in [1.54, 1.807) is 37.4 Å². The Bertz CT molecular complexity index is 3160. The van der Waals surface area contributed by atoms with Gasteiger partial charge in [-0.25, -0.2) is 4.98 Å². The van der Waals surface area contributed by atoms with Gasteiger partial charge in [0.15, 0.2) is 0 Å². The summed E-state index contributed by atoms with van der Waals surface area (Å²) in [6.45, 7) is 5.71. The molecular weight excluding hydrogens is 1390 g/mol. The quantitative estimate of drug-likeness (QED) is 0.0309. The van der Waals surface area contributed by atoms with Crippen LogP contribution >= 0.6 is 0 Å². The van der Waals surface area contributed by atoms with Gasteiger partial charge in [0.25, 0.3) is 0 Å². The average Bonchev–Trinajstić information content (AvgIpc) is 1.76. The summed E-state index contributed by atoms with van der Waals surface area (Å²) in [7, 11) is 0. The third-order valence-electron chi connectivity index (χ3n) is 18.4. The fraction of sp³-hybridized carbons (Fsp3) is 0.662. The molecule has 2 saturated heterocycles. The van der Waals surface area contributed by atoms with Crippen LogP contribution < -0.4 is 31.9 Å². The highest BCUT2D eigenvalue weighted by atomic mass is 16.4. The number of amides is 6. The third-order valence-corrected chi connectivity index (χ3v) is 18.4. The van der Waals surface area contributed by atoms with Crippen LogP contribution in [0.3, 0.4) is 0 Å². The van der Waals surface area contributed by atoms with Crippen LogP contribution in [0.2, 0.25) is 0 Å². The first kappa shape index (κ1) is 89.1. The normalized spacial score (nSPS) is 17.8. The van der Waals surface area contributed by atoms with Crippen molar-refractivity contribution in [3.63, 3.8) is 0 Å². The third kappa shape index (κ3) is 34.7. The van der Waals surface area contributed by atoms with Gasteiger partial charge in [-0.05, 0) is 42.2 Å². The van der Waals surface area contributed by atoms with E-state index in [0.717, 1.165) is 5.69 Å². The summed E-state index contributed by atoms with van der Waals surface area (Å²) >= 11 is 0. The van der Waals surface area contributed by atoms with E-state index in [9.17, 15) is 108 Å². The fourth-order valence-electron chi connectivity index (χ4n) is 12.2. The molecule has 0 spiro atoms. The highest BCUT2D eigenvalue weighted by molar-refractivity contribution is 5.93. The van der Waals surface area contributed by atoms with Gasteiger partial charge in [0.05, 0.1) is 45.6 Å². The van der Waals surface area contributed by atoms with Crippen molar-refractivity contribution in [1.29, 1.82) is 0 Å². The Labute approximate surface area is 614 Å². The largest absolute Gasteiger partial charge is 0.480 e. The number of nitrogens with zero attached hydrogens (tertiary/aromatic N) is 9. The second-order valence-electron chi connectivity index (χ2n) is 27.3. The summed E-state index contributed by atoms with van der Waals surface area (Å²) in [6.07, 6.45) is 2.49. The average molecular weight is 1500 g/mol. The van der Waals surface area contributed by atoms with Crippen LogP contribution in [0.1, 0.15) is 90.0 Å². The topological polar surface area (TPSA) is 528 Å². The molecule has 592 valence electrons. The molecule has 2 aliphatic heterocycles. The first-order valence-electron chi connectivity index (χ1n) is 35.5. The SMILES string of the molecule is CCC(C)[C@H](NC(=O)[C@@H](C)Cc1cnc[nH]1)C(=O)N[C@@H](CC(C)C)C(=O)NCc1ccc(CNC(=O)[C@H](CNC(=O)CCC(C(=O)O)N2CCN(CC(=O)O)CCN(CC(=O)O)CCN(CC(=O)O)CC2)NC(=O)CCC(C(=O)O)N2CCN(CC(=O)O)CCN(CC(=O)O)CCN(CC(=O)O)CC2)cc1. The molecular formula is C68H108N16O22. The maximum atomic E-state index is 14.3. The Hall–Kier alpha value is -9.31. The minimum absolute atomic E-state index is 0.0147. The zero-order chi connectivity index (χ0) is 78.6. The van der Waals surface area contributed by atoms with Crippen molar-refractivity contribution in [1.82, 2.24) is 81.1 Å². The van der Waals surface area contributed by atoms with Gasteiger partial charge >= 0.3 is 47.8 Å². The molecule has 38 heteroatoms. The molecule has 2 aromatic rings. The fourth-order valence-corrected chi connectivity index (χ4v) is 12.2. The minimum Gasteiger partial charge on any atom is -0.480 e. The molecule has 1 aromatic heterocycles. The van der Waals surface area contributed by atoms with E-state index in [2.05, 4.69) is 41.9 Å². The van der Waals surface area contributed by atoms with Gasteiger partial charge in [-0.15, -0.1) is 0 Å². The van der Waals surface area contributed by atoms with Gasteiger partial charge in [0.2, 0.25) is 35.4 Å². The molecule has 7 atom stereocenters. The lowest BCUT2D eigenvalue weighted by molar-refractivity contribution is -0.145. The number of aromatic nitrogens is 2. The lowest BCUT2D eigenvalue weighted by Crippen LogP contribution is -2.56. The lowest BCUT2D eigenvalue weighted by Gasteiger charge is -2.35. The number of benzene rings is 1. The number of carbonyl (C=O) groups is 14. The van der Waals surface area contributed by atoms with Crippen molar-refractivity contribution < 1.29 is 108 Å². The molecule has 15 N–H and O–H groups in total. The zero-order valence-electron chi connectivity index (χ0n) is 61.0. The van der Waals surface area contributed by atoms with Crippen LogP contribution in [0.5, 0.6) is 0 Å². The van der Waals surface area contributed by atoms with Crippen molar-refractivity contribution in [2.75, 3.05) is 151 Å². The number of aromatic amines is 1. The number of rotatable bonds is 41. The molecule has 6 amide bonds. The maximum absolute atomic E-state index is 14.3. The Morgan fingerprint density at radius 2 is 0.802 bits per heavy atom. The number of imidazole rings is 1. The standard InChI is InChI=1S/C68H108N16O22/c1-6-45(4)62(76-63(99)46(5)32-49-35-69-43-73-49)66(102)75-50(31-44(2)3)64(100)71-33-47-7-9-48(10-8-47)34-72-65(101)51(74-55(86)14-12-53(68(105)106)84-29-25-81(41-60(95)96)21-17-78(38-57(89)90)18-22-82(26-30-84)42-61(97)98)36-70-54(85)13-11-52(67(103)104)83-27-23-79(39-58(91)92)19-15-77(37-56(87)88)16-20-80(24-28-83)40-59(93)94/h7-10,35,43-46,50-53,62H,6,11-34,36-42H2,1-5H3,(H,69,73)(H,70,85)(H,71,100)(H,72,101)(H,74,86)(H,75,102)(H,76,99)(H,87,88)(H,89,90)(H,91,92)(H,93,94)(H,95,96)(H,97,98)(H,103,104)(H,105,106)/t45?,46-,50-,51-,52?,53?,62-/m0/s1. The molecule has 0 bridgehead atoms. The highest BCUT2D eigenvalue weighted by Crippen LogP contribution is 2.17. The van der Waals surface area contributed by atoms with Crippen molar-refractivity contribution in [2.24, 2.45) is 17.8 Å². The molecule has 0 saturated carbocycles. The molecule has 0 radical (unpaired) electrons. The van der Waals surface area contributed by atoms with Crippen molar-refractivity contribution in [2.45, 2.75) is 123 Å². The molecule has 1 aromatic carbocycles. The lowest BCUT2D eigenvalue weighted by atomic mass is 9.95. The molecule has 2 fully saturated rings. The molecule has 3 heterocycles. The van der Waals surface area contributed by atoms with Gasteiger partial charge in [-0.3, -0.25) is 106 Å². The molecule has 2 aliphatic rings. The number of nitrogens with one attached hydrogen (secondary N) is 7. The Morgan fingerprint density at radius 3 is 1.13 bits per heavy atom. The van der Waals surface area contributed by atoms with Gasteiger partial charge in [-0.2, -0.15) is 0 Å². The van der Waals surface area contributed by atoms with Gasteiger partial charge in [0.1, 0.15) is 30.2 Å². The van der Waals surface area contributed by atoms with E-state index in [1.165, 1.54) is 45.5 Å². The van der Waals surface area contributed by atoms with Crippen molar-refractivity contribution in [3.8, 4) is 0 Å². The molecule has 106 heavy (non-hydrogen) atoms. The van der Waals surface area contributed by atoms with Gasteiger partial charge in [0, 0.05) is 161 Å². The van der Waals surface area contributed by atoms with Crippen molar-refractivity contribution in [3.05, 3.63) is 53.6 Å². The summed E-state index contributed by atoms with van der Waals surface area (Å²) in [5.74, 6) is -14.6. The minimum atomic E-state index is -1.57. The van der Waals surface area contributed by atoms with E-state index in [4.69, 9.17) is 0 Å². The van der Waals surface area contributed by atoms with E-state index in [1.807, 2.05) is 27.7 Å². The summed E-state index contributed by atoms with van der Waals surface area (Å²) in [6, 6.07) is 0.304. The number of carboxylic acids is 8. The smallest absolute Gasteiger partial charge is 0.320 e. The summed E-state index contributed by atoms with van der Waals surface area (Å²) in [5.41, 5.74) is 1.89. The number of hydrogen-bond acceptors (Lipinski definition) is 23. The summed E-state index contributed by atoms with van der Waals surface area (Å²) in [4.78, 5) is 200. The Balaban J connectivity index is 1.56. The first-order valence-corrected chi connectivity index (χ1v) is 35.5. The highest BCUT2D eigenvalue weighted by Gasteiger charge is 2.35. The number of aliphatic carboxylic acids is 8. The van der Waals surface area contributed by atoms with E-state index < -0.39 is 178 Å². The molecule has 38 nitrogen and oxygen atoms in total. The van der Waals surface area contributed by atoms with E-state index >= 15 is 0 Å². The second-order valence-corrected chi connectivity index (χ2v) is 27.3. The van der Waals surface area contributed by atoms with Gasteiger partial charge < -0.3 is 77.7 Å². The zero-order valence-corrected chi connectivity index (χ0v) is 61.0. The summed E-state index contributed by atoms with van der Waals surface area (Å²) < 4.78 is 0. The molecule has 4 rings (SSSR count). The predicted octanol–water partition coefficient (Wildman–Crippen LogP) is -3.40. The number of hydrogen-bond donors (Lipinski definition) is 15. The first-order chi connectivity index (χ1) is 50.2.